The molecule has 1 aliphatic heterocycles. The molecule has 0 bridgehead atoms. The van der Waals surface area contributed by atoms with E-state index in [-0.39, 0.29) is 11.7 Å². The third-order valence-electron chi connectivity index (χ3n) is 4.09. The molecule has 25 heavy (non-hydrogen) atoms. The molecule has 1 fully saturated rings. The number of amides is 1. The van der Waals surface area contributed by atoms with E-state index in [1.165, 1.54) is 4.31 Å². The second-order valence-corrected chi connectivity index (χ2v) is 7.84. The highest BCUT2D eigenvalue weighted by Crippen LogP contribution is 2.25. The number of carbonyl (C=O) groups excluding carboxylic acids is 1. The van der Waals surface area contributed by atoms with Gasteiger partial charge in [0.25, 0.3) is 5.91 Å². The number of nitrogens with one attached hydrogen (secondary N) is 1. The number of hydrogen-bond donors (Lipinski definition) is 1. The van der Waals surface area contributed by atoms with Crippen LogP contribution in [0.1, 0.15) is 23.2 Å². The van der Waals surface area contributed by atoms with Crippen molar-refractivity contribution in [1.82, 2.24) is 0 Å². The first-order valence-electron chi connectivity index (χ1n) is 8.05. The van der Waals surface area contributed by atoms with Crippen LogP contribution in [0.3, 0.4) is 0 Å². The number of nitrogens with zero attached hydrogens (tertiary/aromatic N) is 1. The summed E-state index contributed by atoms with van der Waals surface area (Å²) >= 11 is 0. The van der Waals surface area contributed by atoms with E-state index in [1.807, 2.05) is 0 Å². The lowest BCUT2D eigenvalue weighted by molar-refractivity contribution is 0.102. The fraction of sp³-hybridized carbons (Fsp3) is 0.278. The topological polar surface area (TPSA) is 75.7 Å². The number of rotatable bonds is 4. The summed E-state index contributed by atoms with van der Waals surface area (Å²) < 4.78 is 30.9. The van der Waals surface area contributed by atoms with Crippen molar-refractivity contribution in [1.29, 1.82) is 0 Å². The van der Waals surface area contributed by atoms with E-state index in [4.69, 9.17) is 4.74 Å². The van der Waals surface area contributed by atoms with E-state index >= 15 is 0 Å². The van der Waals surface area contributed by atoms with Crippen LogP contribution < -0.4 is 14.4 Å². The van der Waals surface area contributed by atoms with Crippen molar-refractivity contribution in [2.24, 2.45) is 0 Å². The van der Waals surface area contributed by atoms with Crippen molar-refractivity contribution < 1.29 is 17.9 Å². The van der Waals surface area contributed by atoms with E-state index in [2.05, 4.69) is 5.32 Å². The van der Waals surface area contributed by atoms with Crippen molar-refractivity contribution in [3.63, 3.8) is 0 Å². The van der Waals surface area contributed by atoms with Crippen LogP contribution in [0.2, 0.25) is 0 Å². The maximum atomic E-state index is 12.5. The molecule has 0 atom stereocenters. The van der Waals surface area contributed by atoms with Gasteiger partial charge < -0.3 is 10.1 Å². The van der Waals surface area contributed by atoms with Crippen LogP contribution in [0.4, 0.5) is 11.4 Å². The molecule has 0 radical (unpaired) electrons. The van der Waals surface area contributed by atoms with E-state index in [9.17, 15) is 13.2 Å². The Morgan fingerprint density at radius 3 is 2.56 bits per heavy atom. The van der Waals surface area contributed by atoms with Crippen LogP contribution in [-0.4, -0.2) is 33.7 Å². The van der Waals surface area contributed by atoms with Gasteiger partial charge in [-0.25, -0.2) is 8.42 Å². The van der Waals surface area contributed by atoms with Gasteiger partial charge >= 0.3 is 0 Å². The average molecular weight is 360 g/mol. The van der Waals surface area contributed by atoms with Gasteiger partial charge in [0.15, 0.2) is 0 Å². The summed E-state index contributed by atoms with van der Waals surface area (Å²) in [6, 6.07) is 13.7. The Morgan fingerprint density at radius 2 is 1.88 bits per heavy atom. The molecule has 1 amide bonds. The first-order valence-corrected chi connectivity index (χ1v) is 9.66. The molecule has 0 aromatic heterocycles. The van der Waals surface area contributed by atoms with Crippen LogP contribution in [0, 0.1) is 0 Å². The quantitative estimate of drug-likeness (QED) is 0.910. The highest BCUT2D eigenvalue weighted by Gasteiger charge is 2.26. The zero-order chi connectivity index (χ0) is 17.9. The molecule has 0 saturated carbocycles. The smallest absolute Gasteiger partial charge is 0.255 e. The molecule has 2 aromatic rings. The third-order valence-corrected chi connectivity index (χ3v) is 5.96. The summed E-state index contributed by atoms with van der Waals surface area (Å²) in [5.41, 5.74) is 1.58. The minimum absolute atomic E-state index is 0.148. The highest BCUT2D eigenvalue weighted by molar-refractivity contribution is 7.92. The number of benzene rings is 2. The van der Waals surface area contributed by atoms with Gasteiger partial charge in [0.05, 0.1) is 18.6 Å². The molecule has 2 aromatic carbocycles. The van der Waals surface area contributed by atoms with Gasteiger partial charge in [-0.1, -0.05) is 6.07 Å². The van der Waals surface area contributed by atoms with Crippen LogP contribution >= 0.6 is 0 Å². The Balaban J connectivity index is 1.79. The zero-order valence-electron chi connectivity index (χ0n) is 13.9. The van der Waals surface area contributed by atoms with Crippen molar-refractivity contribution in [3.8, 4) is 5.75 Å². The van der Waals surface area contributed by atoms with Gasteiger partial charge in [0.2, 0.25) is 10.0 Å². The predicted molar refractivity (Wildman–Crippen MR) is 97.8 cm³/mol. The molecule has 1 N–H and O–H groups in total. The summed E-state index contributed by atoms with van der Waals surface area (Å²) in [5, 5.41) is 2.80. The highest BCUT2D eigenvalue weighted by atomic mass is 32.2. The van der Waals surface area contributed by atoms with Crippen LogP contribution in [0.5, 0.6) is 5.75 Å². The fourth-order valence-corrected chi connectivity index (χ4v) is 4.39. The maximum Gasteiger partial charge on any atom is 0.255 e. The first-order chi connectivity index (χ1) is 12.0. The SMILES string of the molecule is COc1ccc(NC(=O)c2cccc(N3CCCCS3(=O)=O)c2)cc1. The monoisotopic (exact) mass is 360 g/mol. The molecule has 1 saturated heterocycles. The first kappa shape index (κ1) is 17.3. The molecular formula is C18H20N2O4S. The van der Waals surface area contributed by atoms with Crippen molar-refractivity contribution in [2.45, 2.75) is 12.8 Å². The Kier molecular flexibility index (Phi) is 4.94. The lowest BCUT2D eigenvalue weighted by Gasteiger charge is -2.28. The van der Waals surface area contributed by atoms with Crippen molar-refractivity contribution >= 4 is 27.3 Å². The number of anilines is 2. The number of methoxy groups -OCH3 is 1. The van der Waals surface area contributed by atoms with Crippen LogP contribution in [0.15, 0.2) is 48.5 Å². The number of hydrogen-bond acceptors (Lipinski definition) is 4. The van der Waals surface area contributed by atoms with Gasteiger partial charge in [-0.3, -0.25) is 9.10 Å². The van der Waals surface area contributed by atoms with Crippen LogP contribution in [0.25, 0.3) is 0 Å². The Labute approximate surface area is 147 Å². The lowest BCUT2D eigenvalue weighted by atomic mass is 10.1. The second kappa shape index (κ2) is 7.14. The second-order valence-electron chi connectivity index (χ2n) is 5.83. The van der Waals surface area contributed by atoms with Crippen molar-refractivity contribution in [3.05, 3.63) is 54.1 Å². The van der Waals surface area contributed by atoms with Gasteiger partial charge in [0, 0.05) is 17.8 Å². The lowest BCUT2D eigenvalue weighted by Crippen LogP contribution is -2.37. The van der Waals surface area contributed by atoms with E-state index in [0.29, 0.717) is 35.7 Å². The summed E-state index contributed by atoms with van der Waals surface area (Å²) in [6.45, 7) is 0.450. The molecule has 132 valence electrons. The van der Waals surface area contributed by atoms with E-state index in [0.717, 1.165) is 6.42 Å². The standard InChI is InChI=1S/C18H20N2O4S/c1-24-17-9-7-15(8-10-17)19-18(21)14-5-4-6-16(13-14)20-11-2-3-12-25(20,22)23/h4-10,13H,2-3,11-12H2,1H3,(H,19,21). The molecule has 0 unspecified atom stereocenters. The molecule has 7 heteroatoms. The average Bonchev–Trinajstić information content (AvgIpc) is 2.62. The van der Waals surface area contributed by atoms with Gasteiger partial charge in [0.1, 0.15) is 5.75 Å². The zero-order valence-corrected chi connectivity index (χ0v) is 14.8. The Morgan fingerprint density at radius 1 is 1.12 bits per heavy atom. The number of sulfonamides is 1. The molecule has 3 rings (SSSR count). The maximum absolute atomic E-state index is 12.5. The number of ether oxygens (including phenoxy) is 1. The molecule has 6 nitrogen and oxygen atoms in total. The summed E-state index contributed by atoms with van der Waals surface area (Å²) in [6.07, 6.45) is 1.50. The third kappa shape index (κ3) is 3.93. The summed E-state index contributed by atoms with van der Waals surface area (Å²) in [5.74, 6) is 0.562. The van der Waals surface area contributed by atoms with Gasteiger partial charge in [-0.05, 0) is 55.3 Å². The molecule has 1 heterocycles. The molecule has 0 spiro atoms. The Bertz CT molecular complexity index is 863. The molecule has 0 aliphatic carbocycles. The predicted octanol–water partition coefficient (Wildman–Crippen LogP) is 2.88. The normalized spacial score (nSPS) is 16.3. The van der Waals surface area contributed by atoms with Crippen LogP contribution in [-0.2, 0) is 10.0 Å². The Hall–Kier alpha value is -2.54. The number of carbonyl (C=O) groups is 1. The minimum atomic E-state index is -3.30. The fourth-order valence-electron chi connectivity index (χ4n) is 2.76. The van der Waals surface area contributed by atoms with Gasteiger partial charge in [-0.2, -0.15) is 0 Å². The van der Waals surface area contributed by atoms with Gasteiger partial charge in [-0.15, -0.1) is 0 Å². The largest absolute Gasteiger partial charge is 0.497 e. The summed E-state index contributed by atoms with van der Waals surface area (Å²) in [7, 11) is -1.72. The van der Waals surface area contributed by atoms with E-state index in [1.54, 1.807) is 55.6 Å². The summed E-state index contributed by atoms with van der Waals surface area (Å²) in [4.78, 5) is 12.5. The van der Waals surface area contributed by atoms with E-state index < -0.39 is 10.0 Å². The molecule has 1 aliphatic rings. The minimum Gasteiger partial charge on any atom is -0.497 e. The van der Waals surface area contributed by atoms with Crippen molar-refractivity contribution in [2.75, 3.05) is 29.0 Å². The molecular weight excluding hydrogens is 340 g/mol.